The number of carbonyl (C=O) groups excluding carboxylic acids is 1. The first-order chi connectivity index (χ1) is 12.8. The molecule has 0 spiro atoms. The van der Waals surface area contributed by atoms with E-state index < -0.39 is 18.0 Å². The van der Waals surface area contributed by atoms with Crippen molar-refractivity contribution in [3.8, 4) is 0 Å². The first-order valence-corrected chi connectivity index (χ1v) is 10.6. The molecule has 7 nitrogen and oxygen atoms in total. The standard InChI is InChI=1S/C18H21N3O4S2/c1-7-4-10(5-19-7)11-6-26-18(20-11)27-15-8(2)13-12(9(3)22)16(23)21(13)14(15)17(24)25/h4,6-9,12-13,19,22H,5H2,1-3H3,(H,24,25). The van der Waals surface area contributed by atoms with Crippen LogP contribution in [0.5, 0.6) is 0 Å². The average Bonchev–Trinajstić information content (AvgIpc) is 3.27. The predicted octanol–water partition coefficient (Wildman–Crippen LogP) is 1.76. The predicted molar refractivity (Wildman–Crippen MR) is 103 cm³/mol. The van der Waals surface area contributed by atoms with Gasteiger partial charge in [0.2, 0.25) is 5.91 Å². The number of carbonyl (C=O) groups is 2. The number of aromatic nitrogens is 1. The highest BCUT2D eigenvalue weighted by Gasteiger charge is 2.60. The van der Waals surface area contributed by atoms with E-state index in [4.69, 9.17) is 0 Å². The zero-order chi connectivity index (χ0) is 19.5. The molecule has 1 aromatic heterocycles. The number of nitrogens with zero attached hydrogens (tertiary/aromatic N) is 2. The highest BCUT2D eigenvalue weighted by atomic mass is 32.2. The maximum absolute atomic E-state index is 12.4. The van der Waals surface area contributed by atoms with Gasteiger partial charge in [0.05, 0.1) is 23.8 Å². The van der Waals surface area contributed by atoms with Gasteiger partial charge in [-0.1, -0.05) is 24.8 Å². The highest BCUT2D eigenvalue weighted by Crippen LogP contribution is 2.52. The molecule has 1 saturated heterocycles. The minimum atomic E-state index is -1.11. The van der Waals surface area contributed by atoms with Gasteiger partial charge in [-0.05, 0) is 19.4 Å². The molecule has 0 bridgehead atoms. The fourth-order valence-electron chi connectivity index (χ4n) is 4.07. The molecule has 0 aliphatic carbocycles. The highest BCUT2D eigenvalue weighted by molar-refractivity contribution is 8.04. The summed E-state index contributed by atoms with van der Waals surface area (Å²) in [6.45, 7) is 6.35. The molecular formula is C18H21N3O4S2. The molecule has 0 saturated carbocycles. The van der Waals surface area contributed by atoms with Crippen molar-refractivity contribution in [2.24, 2.45) is 11.8 Å². The Morgan fingerprint density at radius 2 is 2.22 bits per heavy atom. The Bertz CT molecular complexity index is 876. The van der Waals surface area contributed by atoms with Gasteiger partial charge in [-0.3, -0.25) is 4.79 Å². The number of aliphatic hydroxyl groups is 1. The van der Waals surface area contributed by atoms with Crippen LogP contribution in [0, 0.1) is 11.8 Å². The van der Waals surface area contributed by atoms with Gasteiger partial charge in [-0.25, -0.2) is 9.78 Å². The number of β-lactam (4-membered cyclic amide) rings is 1. The van der Waals surface area contributed by atoms with E-state index in [-0.39, 0.29) is 23.6 Å². The number of fused-ring (bicyclic) bond motifs is 1. The fourth-order valence-corrected chi connectivity index (χ4v) is 6.18. The third-order valence-electron chi connectivity index (χ3n) is 5.39. The number of aliphatic hydroxyl groups excluding tert-OH is 1. The van der Waals surface area contributed by atoms with E-state index in [2.05, 4.69) is 23.3 Å². The van der Waals surface area contributed by atoms with E-state index >= 15 is 0 Å². The maximum atomic E-state index is 12.4. The van der Waals surface area contributed by atoms with Crippen molar-refractivity contribution in [2.45, 2.75) is 43.3 Å². The summed E-state index contributed by atoms with van der Waals surface area (Å²) < 4.78 is 0.759. The van der Waals surface area contributed by atoms with Crippen molar-refractivity contribution in [2.75, 3.05) is 6.54 Å². The topological polar surface area (TPSA) is 103 Å². The third kappa shape index (κ3) is 2.93. The van der Waals surface area contributed by atoms with Gasteiger partial charge in [0.1, 0.15) is 5.70 Å². The smallest absolute Gasteiger partial charge is 0.353 e. The number of hydrogen-bond acceptors (Lipinski definition) is 7. The fraction of sp³-hybridized carbons (Fsp3) is 0.500. The van der Waals surface area contributed by atoms with Gasteiger partial charge < -0.3 is 20.4 Å². The first kappa shape index (κ1) is 18.7. The lowest BCUT2D eigenvalue weighted by atomic mass is 9.79. The largest absolute Gasteiger partial charge is 0.477 e. The Morgan fingerprint density at radius 1 is 1.48 bits per heavy atom. The van der Waals surface area contributed by atoms with Crippen LogP contribution in [0.4, 0.5) is 0 Å². The van der Waals surface area contributed by atoms with Gasteiger partial charge in [0.25, 0.3) is 0 Å². The van der Waals surface area contributed by atoms with Crippen molar-refractivity contribution >= 4 is 40.5 Å². The molecule has 9 heteroatoms. The second-order valence-electron chi connectivity index (χ2n) is 7.23. The van der Waals surface area contributed by atoms with Gasteiger partial charge in [0, 0.05) is 28.8 Å². The number of aliphatic carboxylic acids is 1. The summed E-state index contributed by atoms with van der Waals surface area (Å²) in [5, 5.41) is 24.9. The minimum absolute atomic E-state index is 0.0338. The number of thioether (sulfide) groups is 1. The number of nitrogens with one attached hydrogen (secondary N) is 1. The summed E-state index contributed by atoms with van der Waals surface area (Å²) in [7, 11) is 0. The Hall–Kier alpha value is -1.68. The summed E-state index contributed by atoms with van der Waals surface area (Å²) in [4.78, 5) is 30.9. The molecule has 3 aliphatic heterocycles. The quantitative estimate of drug-likeness (QED) is 0.639. The van der Waals surface area contributed by atoms with E-state index in [9.17, 15) is 19.8 Å². The lowest BCUT2D eigenvalue weighted by molar-refractivity contribution is -0.163. The number of hydrogen-bond donors (Lipinski definition) is 3. The lowest BCUT2D eigenvalue weighted by Gasteiger charge is -2.46. The Labute approximate surface area is 165 Å². The van der Waals surface area contributed by atoms with Gasteiger partial charge in [-0.2, -0.15) is 0 Å². The SMILES string of the molecule is CC1C=C(c2csc(SC3=C(C(=O)O)N4C(=O)C(C(C)O)C4C3C)n2)CN1. The van der Waals surface area contributed by atoms with Crippen LogP contribution in [-0.2, 0) is 9.59 Å². The summed E-state index contributed by atoms with van der Waals surface area (Å²) >= 11 is 2.80. The van der Waals surface area contributed by atoms with Crippen LogP contribution >= 0.6 is 23.1 Å². The van der Waals surface area contributed by atoms with Crippen LogP contribution in [0.15, 0.2) is 26.4 Å². The minimum Gasteiger partial charge on any atom is -0.477 e. The normalized spacial score (nSPS) is 31.0. The molecule has 5 unspecified atom stereocenters. The summed E-state index contributed by atoms with van der Waals surface area (Å²) in [5.74, 6) is -2.13. The van der Waals surface area contributed by atoms with Crippen LogP contribution in [-0.4, -0.2) is 56.7 Å². The third-order valence-corrected chi connectivity index (χ3v) is 7.61. The monoisotopic (exact) mass is 407 g/mol. The maximum Gasteiger partial charge on any atom is 0.353 e. The first-order valence-electron chi connectivity index (χ1n) is 8.86. The molecule has 1 fully saturated rings. The number of carboxylic acid groups (broad SMARTS) is 1. The van der Waals surface area contributed by atoms with E-state index in [1.54, 1.807) is 6.92 Å². The average molecular weight is 408 g/mol. The molecule has 4 rings (SSSR count). The molecule has 3 aliphatic rings. The summed E-state index contributed by atoms with van der Waals surface area (Å²) in [6.07, 6.45) is 1.34. The summed E-state index contributed by atoms with van der Waals surface area (Å²) in [6, 6.07) is 0.0222. The van der Waals surface area contributed by atoms with Crippen LogP contribution in [0.2, 0.25) is 0 Å². The van der Waals surface area contributed by atoms with E-state index in [0.29, 0.717) is 10.9 Å². The van der Waals surface area contributed by atoms with Crippen LogP contribution < -0.4 is 5.32 Å². The van der Waals surface area contributed by atoms with Crippen LogP contribution in [0.3, 0.4) is 0 Å². The molecule has 0 radical (unpaired) electrons. The molecule has 4 heterocycles. The van der Waals surface area contributed by atoms with Gasteiger partial charge in [-0.15, -0.1) is 11.3 Å². The Balaban J connectivity index is 1.62. The zero-order valence-electron chi connectivity index (χ0n) is 15.2. The van der Waals surface area contributed by atoms with Crippen molar-refractivity contribution in [1.82, 2.24) is 15.2 Å². The van der Waals surface area contributed by atoms with Crippen molar-refractivity contribution in [3.63, 3.8) is 0 Å². The second-order valence-corrected chi connectivity index (χ2v) is 9.38. The van der Waals surface area contributed by atoms with E-state index in [1.807, 2.05) is 12.3 Å². The number of thiazole rings is 1. The van der Waals surface area contributed by atoms with Crippen LogP contribution in [0.1, 0.15) is 26.5 Å². The molecule has 5 atom stereocenters. The van der Waals surface area contributed by atoms with E-state index in [0.717, 1.165) is 22.2 Å². The van der Waals surface area contributed by atoms with Gasteiger partial charge >= 0.3 is 5.97 Å². The molecular weight excluding hydrogens is 386 g/mol. The molecule has 3 N–H and O–H groups in total. The molecule has 1 amide bonds. The van der Waals surface area contributed by atoms with Crippen LogP contribution in [0.25, 0.3) is 5.57 Å². The lowest BCUT2D eigenvalue weighted by Crippen LogP contribution is -2.63. The number of carboxylic acids is 1. The van der Waals surface area contributed by atoms with E-state index in [1.165, 1.54) is 28.0 Å². The number of rotatable bonds is 5. The Morgan fingerprint density at radius 3 is 2.81 bits per heavy atom. The molecule has 27 heavy (non-hydrogen) atoms. The zero-order valence-corrected chi connectivity index (χ0v) is 16.8. The van der Waals surface area contributed by atoms with Crippen molar-refractivity contribution in [3.05, 3.63) is 27.8 Å². The van der Waals surface area contributed by atoms with Crippen molar-refractivity contribution < 1.29 is 19.8 Å². The molecule has 1 aromatic rings. The number of amides is 1. The molecule has 0 aromatic carbocycles. The molecule has 144 valence electrons. The summed E-state index contributed by atoms with van der Waals surface area (Å²) in [5.41, 5.74) is 2.08. The van der Waals surface area contributed by atoms with Crippen molar-refractivity contribution in [1.29, 1.82) is 0 Å². The second kappa shape index (κ2) is 6.73. The Kier molecular flexibility index (Phi) is 4.66. The van der Waals surface area contributed by atoms with Gasteiger partial charge in [0.15, 0.2) is 4.34 Å².